The predicted molar refractivity (Wildman–Crippen MR) is 115 cm³/mol. The van der Waals surface area contributed by atoms with Crippen LogP contribution in [0.5, 0.6) is 17.2 Å². The van der Waals surface area contributed by atoms with Gasteiger partial charge in [0.25, 0.3) is 0 Å². The van der Waals surface area contributed by atoms with E-state index < -0.39 is 0 Å². The first-order valence-corrected chi connectivity index (χ1v) is 9.99. The largest absolute Gasteiger partial charge is 0.508 e. The average Bonchev–Trinajstić information content (AvgIpc) is 2.74. The van der Waals surface area contributed by atoms with Crippen LogP contribution in [0.4, 0.5) is 0 Å². The summed E-state index contributed by atoms with van der Waals surface area (Å²) in [7, 11) is 3.31. The van der Waals surface area contributed by atoms with E-state index in [0.717, 1.165) is 29.8 Å². The Morgan fingerprint density at radius 3 is 2.48 bits per heavy atom. The Balaban J connectivity index is 1.82. The molecule has 0 fully saturated rings. The number of nitrogens with zero attached hydrogens (tertiary/aromatic N) is 1. The summed E-state index contributed by atoms with van der Waals surface area (Å²) in [5.41, 5.74) is 4.43. The maximum Gasteiger partial charge on any atom is 0.161 e. The van der Waals surface area contributed by atoms with E-state index in [2.05, 4.69) is 23.1 Å². The van der Waals surface area contributed by atoms with Gasteiger partial charge in [-0.3, -0.25) is 4.90 Å². The third kappa shape index (κ3) is 3.91. The number of benzene rings is 3. The van der Waals surface area contributed by atoms with Crippen LogP contribution in [0.15, 0.2) is 60.7 Å². The molecule has 0 aliphatic carbocycles. The third-order valence-electron chi connectivity index (χ3n) is 5.50. The summed E-state index contributed by atoms with van der Waals surface area (Å²) >= 11 is 6.33. The van der Waals surface area contributed by atoms with Crippen molar-refractivity contribution in [2.75, 3.05) is 20.8 Å². The number of aromatic hydroxyl groups is 1. The average molecular weight is 410 g/mol. The first-order valence-electron chi connectivity index (χ1n) is 9.62. The zero-order valence-electron chi connectivity index (χ0n) is 16.6. The highest BCUT2D eigenvalue weighted by molar-refractivity contribution is 6.30. The second-order valence-corrected chi connectivity index (χ2v) is 7.65. The second-order valence-electron chi connectivity index (χ2n) is 7.21. The summed E-state index contributed by atoms with van der Waals surface area (Å²) in [5, 5.41) is 11.0. The lowest BCUT2D eigenvalue weighted by atomic mass is 9.87. The maximum absolute atomic E-state index is 10.3. The van der Waals surface area contributed by atoms with Gasteiger partial charge in [-0.25, -0.2) is 0 Å². The molecule has 4 nitrogen and oxygen atoms in total. The van der Waals surface area contributed by atoms with Crippen LogP contribution in [0.1, 0.15) is 28.3 Å². The van der Waals surface area contributed by atoms with Crippen LogP contribution in [-0.4, -0.2) is 30.8 Å². The molecule has 29 heavy (non-hydrogen) atoms. The summed E-state index contributed by atoms with van der Waals surface area (Å²) in [6.07, 6.45) is 0.889. The van der Waals surface area contributed by atoms with Crippen molar-refractivity contribution in [1.29, 1.82) is 0 Å². The van der Waals surface area contributed by atoms with Crippen molar-refractivity contribution < 1.29 is 14.6 Å². The van der Waals surface area contributed by atoms with Crippen molar-refractivity contribution in [2.24, 2.45) is 0 Å². The molecular weight excluding hydrogens is 386 g/mol. The smallest absolute Gasteiger partial charge is 0.161 e. The summed E-state index contributed by atoms with van der Waals surface area (Å²) in [5.74, 6) is 1.77. The van der Waals surface area contributed by atoms with Crippen LogP contribution in [0.3, 0.4) is 0 Å². The molecule has 0 saturated carbocycles. The fourth-order valence-corrected chi connectivity index (χ4v) is 4.30. The highest BCUT2D eigenvalue weighted by atomic mass is 35.5. The van der Waals surface area contributed by atoms with Crippen molar-refractivity contribution in [2.45, 2.75) is 19.0 Å². The molecular formula is C24H24ClNO3. The summed E-state index contributed by atoms with van der Waals surface area (Å²) < 4.78 is 11.1. The van der Waals surface area contributed by atoms with E-state index in [1.807, 2.05) is 36.4 Å². The van der Waals surface area contributed by atoms with Crippen LogP contribution >= 0.6 is 11.6 Å². The van der Waals surface area contributed by atoms with E-state index in [-0.39, 0.29) is 6.04 Å². The molecule has 3 aromatic rings. The van der Waals surface area contributed by atoms with Crippen LogP contribution in [0, 0.1) is 0 Å². The van der Waals surface area contributed by atoms with Gasteiger partial charge in [0, 0.05) is 23.7 Å². The van der Waals surface area contributed by atoms with E-state index in [4.69, 9.17) is 21.1 Å². The summed E-state index contributed by atoms with van der Waals surface area (Å²) in [4.78, 5) is 2.37. The van der Waals surface area contributed by atoms with Gasteiger partial charge in [0.05, 0.1) is 20.3 Å². The minimum absolute atomic E-state index is 0.00291. The number of methoxy groups -OCH3 is 2. The number of halogens is 1. The van der Waals surface area contributed by atoms with Gasteiger partial charge in [0.2, 0.25) is 0 Å². The predicted octanol–water partition coefficient (Wildman–Crippen LogP) is 5.21. The van der Waals surface area contributed by atoms with Crippen molar-refractivity contribution in [3.63, 3.8) is 0 Å². The van der Waals surface area contributed by atoms with Gasteiger partial charge in [-0.05, 0) is 53.4 Å². The molecule has 0 radical (unpaired) electrons. The summed E-state index contributed by atoms with van der Waals surface area (Å²) in [6.45, 7) is 1.49. The number of ether oxygens (including phenoxy) is 2. The van der Waals surface area contributed by atoms with Gasteiger partial charge in [-0.15, -0.1) is 0 Å². The molecule has 1 aliphatic rings. The van der Waals surface area contributed by atoms with Gasteiger partial charge in [0.1, 0.15) is 5.75 Å². The fraction of sp³-hybridized carbons (Fsp3) is 0.250. The first kappa shape index (κ1) is 19.6. The molecule has 1 atom stereocenters. The molecule has 0 saturated heterocycles. The molecule has 0 aromatic heterocycles. The molecule has 150 valence electrons. The molecule has 5 heteroatoms. The van der Waals surface area contributed by atoms with Gasteiger partial charge in [0.15, 0.2) is 11.5 Å². The monoisotopic (exact) mass is 409 g/mol. The zero-order chi connectivity index (χ0) is 20.4. The Morgan fingerprint density at radius 1 is 1.00 bits per heavy atom. The lowest BCUT2D eigenvalue weighted by molar-refractivity contribution is 0.201. The second kappa shape index (κ2) is 8.36. The topological polar surface area (TPSA) is 41.9 Å². The van der Waals surface area contributed by atoms with E-state index in [1.54, 1.807) is 20.3 Å². The van der Waals surface area contributed by atoms with Gasteiger partial charge in [-0.1, -0.05) is 41.9 Å². The number of hydrogen-bond acceptors (Lipinski definition) is 4. The maximum atomic E-state index is 10.3. The van der Waals surface area contributed by atoms with Crippen molar-refractivity contribution in [3.8, 4) is 17.2 Å². The van der Waals surface area contributed by atoms with E-state index in [0.29, 0.717) is 23.1 Å². The SMILES string of the molecule is COc1cc2c(cc1OC)C(c1cccc(Cl)c1)N(Cc1ccccc1O)CC2. The Bertz CT molecular complexity index is 1020. The lowest BCUT2D eigenvalue weighted by Crippen LogP contribution is -2.35. The number of phenolic OH excluding ortho intramolecular Hbond substituents is 1. The number of hydrogen-bond donors (Lipinski definition) is 1. The van der Waals surface area contributed by atoms with Crippen LogP contribution in [-0.2, 0) is 13.0 Å². The van der Waals surface area contributed by atoms with Gasteiger partial charge < -0.3 is 14.6 Å². The molecule has 0 bridgehead atoms. The molecule has 0 amide bonds. The Morgan fingerprint density at radius 2 is 1.76 bits per heavy atom. The Hall–Kier alpha value is -2.69. The molecule has 1 unspecified atom stereocenters. The van der Waals surface area contributed by atoms with Crippen molar-refractivity contribution >= 4 is 11.6 Å². The lowest BCUT2D eigenvalue weighted by Gasteiger charge is -2.38. The number of para-hydroxylation sites is 1. The van der Waals surface area contributed by atoms with E-state index in [9.17, 15) is 5.11 Å². The first-order chi connectivity index (χ1) is 14.1. The number of phenols is 1. The molecule has 1 N–H and O–H groups in total. The fourth-order valence-electron chi connectivity index (χ4n) is 4.10. The van der Waals surface area contributed by atoms with Gasteiger partial charge in [-0.2, -0.15) is 0 Å². The van der Waals surface area contributed by atoms with Crippen LogP contribution in [0.25, 0.3) is 0 Å². The van der Waals surface area contributed by atoms with Crippen LogP contribution in [0.2, 0.25) is 5.02 Å². The van der Waals surface area contributed by atoms with Crippen LogP contribution < -0.4 is 9.47 Å². The molecule has 1 aliphatic heterocycles. The highest BCUT2D eigenvalue weighted by Crippen LogP contribution is 2.42. The molecule has 4 rings (SSSR count). The normalized spacial score (nSPS) is 16.3. The minimum Gasteiger partial charge on any atom is -0.508 e. The Kier molecular flexibility index (Phi) is 5.65. The van der Waals surface area contributed by atoms with E-state index >= 15 is 0 Å². The molecule has 3 aromatic carbocycles. The standard InChI is InChI=1S/C24H24ClNO3/c1-28-22-13-16-10-11-26(15-18-6-3-4-9-21(18)27)24(20(16)14-23(22)29-2)17-7-5-8-19(25)12-17/h3-9,12-14,24,27H,10-11,15H2,1-2H3. The summed E-state index contributed by atoms with van der Waals surface area (Å²) in [6, 6.07) is 19.6. The third-order valence-corrected chi connectivity index (χ3v) is 5.74. The minimum atomic E-state index is -0.00291. The number of rotatable bonds is 5. The molecule has 0 spiro atoms. The van der Waals surface area contributed by atoms with E-state index in [1.165, 1.54) is 11.1 Å². The number of fused-ring (bicyclic) bond motifs is 1. The highest BCUT2D eigenvalue weighted by Gasteiger charge is 2.31. The molecule has 1 heterocycles. The van der Waals surface area contributed by atoms with Gasteiger partial charge >= 0.3 is 0 Å². The van der Waals surface area contributed by atoms with Crippen molar-refractivity contribution in [1.82, 2.24) is 4.90 Å². The Labute approximate surface area is 176 Å². The van der Waals surface area contributed by atoms with Crippen molar-refractivity contribution in [3.05, 3.63) is 87.9 Å². The quantitative estimate of drug-likeness (QED) is 0.628. The zero-order valence-corrected chi connectivity index (χ0v) is 17.3.